The first kappa shape index (κ1) is 17.6. The molecule has 3 aromatic heterocycles. The Morgan fingerprint density at radius 1 is 0.964 bits per heavy atom. The van der Waals surface area contributed by atoms with E-state index in [-0.39, 0.29) is 16.5 Å². The van der Waals surface area contributed by atoms with Gasteiger partial charge in [0.2, 0.25) is 5.95 Å². The van der Waals surface area contributed by atoms with E-state index < -0.39 is 15.9 Å². The number of fused-ring (bicyclic) bond motifs is 1. The van der Waals surface area contributed by atoms with Gasteiger partial charge in [0, 0.05) is 30.5 Å². The molecule has 4 rings (SSSR count). The standard InChI is InChI=1S/C18H14N6O3S/c25-17(15-12-24-11-2-1-4-16(24)22-15)21-13-5-7-14(8-6-13)28(26,27)23-18-19-9-3-10-20-18/h1-12H,(H,21,25)(H,19,20,23). The van der Waals surface area contributed by atoms with Gasteiger partial charge in [-0.2, -0.15) is 0 Å². The number of sulfonamides is 1. The smallest absolute Gasteiger partial charge is 0.275 e. The summed E-state index contributed by atoms with van der Waals surface area (Å²) in [4.78, 5) is 24.3. The van der Waals surface area contributed by atoms with Gasteiger partial charge in [0.25, 0.3) is 15.9 Å². The Kier molecular flexibility index (Phi) is 4.45. The van der Waals surface area contributed by atoms with Crippen LogP contribution >= 0.6 is 0 Å². The molecule has 0 unspecified atom stereocenters. The SMILES string of the molecule is O=C(Nc1ccc(S(=O)(=O)Nc2ncccn2)cc1)c1cn2ccccc2n1. The van der Waals surface area contributed by atoms with Gasteiger partial charge in [0.05, 0.1) is 4.90 Å². The topological polar surface area (TPSA) is 118 Å². The number of pyridine rings is 1. The van der Waals surface area contributed by atoms with Crippen LogP contribution in [0, 0.1) is 0 Å². The third-order valence-electron chi connectivity index (χ3n) is 3.81. The number of nitrogens with zero attached hydrogens (tertiary/aromatic N) is 4. The van der Waals surface area contributed by atoms with E-state index >= 15 is 0 Å². The molecule has 10 heteroatoms. The minimum atomic E-state index is -3.83. The van der Waals surface area contributed by atoms with Gasteiger partial charge in [-0.05, 0) is 42.5 Å². The molecule has 0 aliphatic heterocycles. The molecule has 4 aromatic rings. The van der Waals surface area contributed by atoms with Crippen LogP contribution in [-0.2, 0) is 10.0 Å². The lowest BCUT2D eigenvalue weighted by atomic mass is 10.3. The Balaban J connectivity index is 1.49. The largest absolute Gasteiger partial charge is 0.321 e. The first-order chi connectivity index (χ1) is 13.5. The minimum absolute atomic E-state index is 0.0192. The lowest BCUT2D eigenvalue weighted by Crippen LogP contribution is -2.15. The maximum absolute atomic E-state index is 12.4. The quantitative estimate of drug-likeness (QED) is 0.536. The summed E-state index contributed by atoms with van der Waals surface area (Å²) in [5.41, 5.74) is 1.35. The van der Waals surface area contributed by atoms with E-state index in [9.17, 15) is 13.2 Å². The average Bonchev–Trinajstić information content (AvgIpc) is 3.13. The fraction of sp³-hybridized carbons (Fsp3) is 0. The summed E-state index contributed by atoms with van der Waals surface area (Å²) in [6.45, 7) is 0. The molecule has 0 radical (unpaired) electrons. The van der Waals surface area contributed by atoms with E-state index in [4.69, 9.17) is 0 Å². The highest BCUT2D eigenvalue weighted by atomic mass is 32.2. The van der Waals surface area contributed by atoms with Crippen LogP contribution in [-0.4, -0.2) is 33.7 Å². The van der Waals surface area contributed by atoms with Crippen LogP contribution in [0.25, 0.3) is 5.65 Å². The third-order valence-corrected chi connectivity index (χ3v) is 5.15. The maximum atomic E-state index is 12.4. The zero-order valence-corrected chi connectivity index (χ0v) is 15.2. The number of hydrogen-bond acceptors (Lipinski definition) is 6. The molecule has 2 N–H and O–H groups in total. The molecular weight excluding hydrogens is 380 g/mol. The number of rotatable bonds is 5. The number of carbonyl (C=O) groups is 1. The van der Waals surface area contributed by atoms with Crippen LogP contribution in [0.15, 0.2) is 78.2 Å². The molecule has 0 saturated heterocycles. The van der Waals surface area contributed by atoms with Gasteiger partial charge in [0.15, 0.2) is 0 Å². The molecule has 0 aliphatic rings. The molecule has 1 aromatic carbocycles. The van der Waals surface area contributed by atoms with Crippen molar-refractivity contribution in [2.75, 3.05) is 10.0 Å². The zero-order valence-electron chi connectivity index (χ0n) is 14.4. The Hall–Kier alpha value is -3.79. The van der Waals surface area contributed by atoms with E-state index in [1.807, 2.05) is 12.1 Å². The number of amides is 1. The second-order valence-electron chi connectivity index (χ2n) is 5.75. The molecule has 0 spiro atoms. The number of nitrogens with one attached hydrogen (secondary N) is 2. The highest BCUT2D eigenvalue weighted by molar-refractivity contribution is 7.92. The van der Waals surface area contributed by atoms with Crippen LogP contribution in [0.1, 0.15) is 10.5 Å². The molecular formula is C18H14N6O3S. The van der Waals surface area contributed by atoms with Crippen molar-refractivity contribution < 1.29 is 13.2 Å². The summed E-state index contributed by atoms with van der Waals surface area (Å²) < 4.78 is 28.8. The van der Waals surface area contributed by atoms with Crippen LogP contribution in [0.5, 0.6) is 0 Å². The first-order valence-corrected chi connectivity index (χ1v) is 9.65. The van der Waals surface area contributed by atoms with Gasteiger partial charge in [-0.15, -0.1) is 0 Å². The van der Waals surface area contributed by atoms with E-state index in [0.29, 0.717) is 11.3 Å². The second kappa shape index (κ2) is 7.08. The summed E-state index contributed by atoms with van der Waals surface area (Å²) in [6.07, 6.45) is 6.28. The minimum Gasteiger partial charge on any atom is -0.321 e. The van der Waals surface area contributed by atoms with Gasteiger partial charge in [-0.1, -0.05) is 6.07 Å². The van der Waals surface area contributed by atoms with Crippen LogP contribution in [0.2, 0.25) is 0 Å². The monoisotopic (exact) mass is 394 g/mol. The van der Waals surface area contributed by atoms with Crippen molar-refractivity contribution >= 4 is 33.2 Å². The number of imidazole rings is 1. The summed E-state index contributed by atoms with van der Waals surface area (Å²) in [7, 11) is -3.83. The van der Waals surface area contributed by atoms with E-state index in [1.54, 1.807) is 28.9 Å². The van der Waals surface area contributed by atoms with Crippen LogP contribution in [0.3, 0.4) is 0 Å². The predicted octanol–water partition coefficient (Wildman–Crippen LogP) is 2.18. The fourth-order valence-electron chi connectivity index (χ4n) is 2.49. The first-order valence-electron chi connectivity index (χ1n) is 8.16. The van der Waals surface area contributed by atoms with Crippen molar-refractivity contribution in [1.29, 1.82) is 0 Å². The maximum Gasteiger partial charge on any atom is 0.275 e. The van der Waals surface area contributed by atoms with Gasteiger partial charge >= 0.3 is 0 Å². The molecule has 3 heterocycles. The molecule has 28 heavy (non-hydrogen) atoms. The van der Waals surface area contributed by atoms with Crippen LogP contribution in [0.4, 0.5) is 11.6 Å². The number of benzene rings is 1. The molecule has 9 nitrogen and oxygen atoms in total. The zero-order chi connectivity index (χ0) is 19.6. The lowest BCUT2D eigenvalue weighted by Gasteiger charge is -2.07. The van der Waals surface area contributed by atoms with E-state index in [0.717, 1.165) is 0 Å². The van der Waals surface area contributed by atoms with Gasteiger partial charge < -0.3 is 9.72 Å². The molecule has 0 bridgehead atoms. The molecule has 0 fully saturated rings. The Morgan fingerprint density at radius 2 is 1.71 bits per heavy atom. The lowest BCUT2D eigenvalue weighted by molar-refractivity contribution is 0.102. The van der Waals surface area contributed by atoms with E-state index in [2.05, 4.69) is 25.0 Å². The number of aromatic nitrogens is 4. The summed E-state index contributed by atoms with van der Waals surface area (Å²) >= 11 is 0. The summed E-state index contributed by atoms with van der Waals surface area (Å²) in [6, 6.07) is 12.8. The van der Waals surface area contributed by atoms with Crippen LogP contribution < -0.4 is 10.0 Å². The number of hydrogen-bond donors (Lipinski definition) is 2. The molecule has 1 amide bonds. The molecule has 0 aliphatic carbocycles. The van der Waals surface area contributed by atoms with Crippen molar-refractivity contribution in [2.24, 2.45) is 0 Å². The molecule has 0 saturated carbocycles. The second-order valence-corrected chi connectivity index (χ2v) is 7.43. The Bertz CT molecular complexity index is 1200. The molecule has 140 valence electrons. The fourth-order valence-corrected chi connectivity index (χ4v) is 3.45. The summed E-state index contributed by atoms with van der Waals surface area (Å²) in [5.74, 6) is -0.415. The number of carbonyl (C=O) groups excluding carboxylic acids is 1. The van der Waals surface area contributed by atoms with Gasteiger partial charge in [0.1, 0.15) is 11.3 Å². The Labute approximate surface area is 160 Å². The van der Waals surface area contributed by atoms with Crippen molar-refractivity contribution in [3.63, 3.8) is 0 Å². The molecule has 0 atom stereocenters. The number of anilines is 2. The third kappa shape index (κ3) is 3.67. The van der Waals surface area contributed by atoms with E-state index in [1.165, 1.54) is 36.7 Å². The van der Waals surface area contributed by atoms with Gasteiger partial charge in [-0.3, -0.25) is 4.79 Å². The average molecular weight is 394 g/mol. The van der Waals surface area contributed by atoms with Gasteiger partial charge in [-0.25, -0.2) is 28.1 Å². The summed E-state index contributed by atoms with van der Waals surface area (Å²) in [5, 5.41) is 2.69. The highest BCUT2D eigenvalue weighted by Gasteiger charge is 2.16. The normalized spacial score (nSPS) is 11.3. The Morgan fingerprint density at radius 3 is 2.43 bits per heavy atom. The van der Waals surface area contributed by atoms with Crippen molar-refractivity contribution in [3.8, 4) is 0 Å². The van der Waals surface area contributed by atoms with Crippen molar-refractivity contribution in [1.82, 2.24) is 19.4 Å². The predicted molar refractivity (Wildman–Crippen MR) is 102 cm³/mol. The van der Waals surface area contributed by atoms with Crippen molar-refractivity contribution in [3.05, 3.63) is 79.0 Å². The van der Waals surface area contributed by atoms with Crippen molar-refractivity contribution in [2.45, 2.75) is 4.90 Å². The highest BCUT2D eigenvalue weighted by Crippen LogP contribution is 2.17.